The van der Waals surface area contributed by atoms with Gasteiger partial charge in [0, 0.05) is 18.6 Å². The van der Waals surface area contributed by atoms with E-state index < -0.39 is 0 Å². The van der Waals surface area contributed by atoms with Gasteiger partial charge in [-0.15, -0.1) is 12.4 Å². The van der Waals surface area contributed by atoms with Crippen molar-refractivity contribution in [3.63, 3.8) is 0 Å². The van der Waals surface area contributed by atoms with Gasteiger partial charge in [-0.3, -0.25) is 4.79 Å². The molecule has 0 heterocycles. The highest BCUT2D eigenvalue weighted by Crippen LogP contribution is 2.16. The second-order valence-corrected chi connectivity index (χ2v) is 6.11. The van der Waals surface area contributed by atoms with E-state index in [9.17, 15) is 4.79 Å². The summed E-state index contributed by atoms with van der Waals surface area (Å²) in [4.78, 5) is 13.7. The SMILES string of the molecule is CN(CC(C)(C)CN)C(=O)CCOc1ccc(Cl)cc1.Cl. The van der Waals surface area contributed by atoms with E-state index in [1.165, 1.54) is 0 Å². The maximum absolute atomic E-state index is 12.0. The van der Waals surface area contributed by atoms with E-state index in [1.807, 2.05) is 13.8 Å². The molecule has 1 amide bonds. The van der Waals surface area contributed by atoms with E-state index in [0.717, 1.165) is 0 Å². The van der Waals surface area contributed by atoms with Crippen molar-refractivity contribution < 1.29 is 9.53 Å². The number of carbonyl (C=O) groups excluding carboxylic acids is 1. The van der Waals surface area contributed by atoms with Gasteiger partial charge in [0.25, 0.3) is 0 Å². The zero-order valence-corrected chi connectivity index (χ0v) is 14.3. The Bertz CT molecular complexity index is 436. The van der Waals surface area contributed by atoms with E-state index >= 15 is 0 Å². The first-order valence-corrected chi connectivity index (χ1v) is 7.04. The first-order chi connectivity index (χ1) is 9.34. The number of nitrogens with zero attached hydrogens (tertiary/aromatic N) is 1. The fourth-order valence-electron chi connectivity index (χ4n) is 1.77. The molecule has 0 radical (unpaired) electrons. The summed E-state index contributed by atoms with van der Waals surface area (Å²) in [5, 5.41) is 0.664. The fourth-order valence-corrected chi connectivity index (χ4v) is 1.90. The van der Waals surface area contributed by atoms with Gasteiger partial charge in [-0.25, -0.2) is 0 Å². The number of ether oxygens (including phenoxy) is 1. The van der Waals surface area contributed by atoms with E-state index in [4.69, 9.17) is 22.1 Å². The van der Waals surface area contributed by atoms with Gasteiger partial charge in [0.2, 0.25) is 5.91 Å². The van der Waals surface area contributed by atoms with Crippen LogP contribution in [0.4, 0.5) is 0 Å². The molecule has 1 aromatic rings. The molecular formula is C15H24Cl2N2O2. The topological polar surface area (TPSA) is 55.6 Å². The van der Waals surface area contributed by atoms with E-state index in [0.29, 0.717) is 36.9 Å². The minimum absolute atomic E-state index is 0. The highest BCUT2D eigenvalue weighted by molar-refractivity contribution is 6.30. The van der Waals surface area contributed by atoms with Crippen LogP contribution in [-0.2, 0) is 4.79 Å². The summed E-state index contributed by atoms with van der Waals surface area (Å²) in [5.41, 5.74) is 5.60. The number of halogens is 2. The molecule has 0 saturated heterocycles. The van der Waals surface area contributed by atoms with Gasteiger partial charge in [0.15, 0.2) is 0 Å². The normalized spacial score (nSPS) is 10.7. The number of carbonyl (C=O) groups is 1. The van der Waals surface area contributed by atoms with E-state index in [2.05, 4.69) is 0 Å². The molecule has 0 atom stereocenters. The van der Waals surface area contributed by atoms with Crippen LogP contribution in [0.25, 0.3) is 0 Å². The number of amides is 1. The van der Waals surface area contributed by atoms with Crippen molar-refractivity contribution in [1.82, 2.24) is 4.90 Å². The van der Waals surface area contributed by atoms with Crippen molar-refractivity contribution in [3.05, 3.63) is 29.3 Å². The summed E-state index contributed by atoms with van der Waals surface area (Å²) in [6.45, 7) is 5.63. The Labute approximate surface area is 138 Å². The highest BCUT2D eigenvalue weighted by Gasteiger charge is 2.20. The first kappa shape index (κ1) is 20.0. The van der Waals surface area contributed by atoms with Crippen molar-refractivity contribution in [2.24, 2.45) is 11.1 Å². The number of nitrogens with two attached hydrogens (primary N) is 1. The van der Waals surface area contributed by atoms with E-state index in [-0.39, 0.29) is 23.7 Å². The lowest BCUT2D eigenvalue weighted by Gasteiger charge is -2.29. The molecule has 4 nitrogen and oxygen atoms in total. The summed E-state index contributed by atoms with van der Waals surface area (Å²) in [6, 6.07) is 7.09. The summed E-state index contributed by atoms with van der Waals surface area (Å²) in [5.74, 6) is 0.771. The molecule has 1 aromatic carbocycles. The molecule has 0 aliphatic heterocycles. The molecule has 2 N–H and O–H groups in total. The van der Waals surface area contributed by atoms with Gasteiger partial charge in [-0.1, -0.05) is 25.4 Å². The van der Waals surface area contributed by atoms with E-state index in [1.54, 1.807) is 36.2 Å². The zero-order valence-electron chi connectivity index (χ0n) is 12.8. The summed E-state index contributed by atoms with van der Waals surface area (Å²) < 4.78 is 5.51. The Morgan fingerprint density at radius 3 is 2.43 bits per heavy atom. The Kier molecular flexibility index (Phi) is 8.71. The van der Waals surface area contributed by atoms with Crippen LogP contribution in [0.5, 0.6) is 5.75 Å². The monoisotopic (exact) mass is 334 g/mol. The lowest BCUT2D eigenvalue weighted by Crippen LogP contribution is -2.40. The molecule has 0 aliphatic rings. The first-order valence-electron chi connectivity index (χ1n) is 6.66. The second kappa shape index (κ2) is 9.13. The molecule has 0 unspecified atom stereocenters. The third-order valence-electron chi connectivity index (χ3n) is 3.04. The summed E-state index contributed by atoms with van der Waals surface area (Å²) in [7, 11) is 1.79. The van der Waals surface area contributed by atoms with Gasteiger partial charge >= 0.3 is 0 Å². The highest BCUT2D eigenvalue weighted by atomic mass is 35.5. The average molecular weight is 335 g/mol. The zero-order chi connectivity index (χ0) is 15.2. The molecule has 120 valence electrons. The number of rotatable bonds is 7. The number of hydrogen-bond acceptors (Lipinski definition) is 3. The van der Waals surface area contributed by atoms with Crippen LogP contribution in [0.1, 0.15) is 20.3 Å². The summed E-state index contributed by atoms with van der Waals surface area (Å²) in [6.07, 6.45) is 0.347. The predicted octanol–water partition coefficient (Wildman–Crippen LogP) is 2.97. The molecule has 1 rings (SSSR count). The Balaban J connectivity index is 0.00000400. The van der Waals surface area contributed by atoms with Crippen LogP contribution >= 0.6 is 24.0 Å². The van der Waals surface area contributed by atoms with Crippen LogP contribution in [0, 0.1) is 5.41 Å². The molecule has 0 saturated carbocycles. The van der Waals surface area contributed by atoms with Crippen molar-refractivity contribution >= 4 is 29.9 Å². The van der Waals surface area contributed by atoms with Crippen LogP contribution in [0.15, 0.2) is 24.3 Å². The number of hydrogen-bond donors (Lipinski definition) is 1. The molecule has 0 fully saturated rings. The van der Waals surface area contributed by atoms with Crippen LogP contribution < -0.4 is 10.5 Å². The molecule has 21 heavy (non-hydrogen) atoms. The quantitative estimate of drug-likeness (QED) is 0.833. The van der Waals surface area contributed by atoms with Crippen LogP contribution in [0.2, 0.25) is 5.02 Å². The largest absolute Gasteiger partial charge is 0.493 e. The molecule has 0 bridgehead atoms. The maximum atomic E-state index is 12.0. The van der Waals surface area contributed by atoms with Crippen molar-refractivity contribution in [1.29, 1.82) is 0 Å². The molecule has 0 spiro atoms. The molecule has 0 aromatic heterocycles. The third kappa shape index (κ3) is 7.55. The molecular weight excluding hydrogens is 311 g/mol. The summed E-state index contributed by atoms with van der Waals surface area (Å²) >= 11 is 5.79. The Morgan fingerprint density at radius 2 is 1.90 bits per heavy atom. The van der Waals surface area contributed by atoms with Crippen molar-refractivity contribution in [2.75, 3.05) is 26.7 Å². The van der Waals surface area contributed by atoms with Crippen molar-refractivity contribution in [3.8, 4) is 5.75 Å². The van der Waals surface area contributed by atoms with Crippen LogP contribution in [0.3, 0.4) is 0 Å². The average Bonchev–Trinajstić information content (AvgIpc) is 2.40. The van der Waals surface area contributed by atoms with Crippen LogP contribution in [-0.4, -0.2) is 37.6 Å². The molecule has 6 heteroatoms. The lowest BCUT2D eigenvalue weighted by molar-refractivity contribution is -0.131. The van der Waals surface area contributed by atoms with Gasteiger partial charge in [0.1, 0.15) is 5.75 Å². The third-order valence-corrected chi connectivity index (χ3v) is 3.29. The van der Waals surface area contributed by atoms with Gasteiger partial charge in [0.05, 0.1) is 13.0 Å². The van der Waals surface area contributed by atoms with Gasteiger partial charge in [-0.05, 0) is 36.2 Å². The predicted molar refractivity (Wildman–Crippen MR) is 89.3 cm³/mol. The Hall–Kier alpha value is -0.970. The Morgan fingerprint density at radius 1 is 1.33 bits per heavy atom. The molecule has 0 aliphatic carbocycles. The lowest BCUT2D eigenvalue weighted by atomic mass is 9.93. The standard InChI is InChI=1S/C15H23ClN2O2.ClH/c1-15(2,10-17)11-18(3)14(19)8-9-20-13-6-4-12(16)5-7-13;/h4-7H,8-11,17H2,1-3H3;1H. The fraction of sp³-hybridized carbons (Fsp3) is 0.533. The van der Waals surface area contributed by atoms with Gasteiger partial charge in [-0.2, -0.15) is 0 Å². The minimum Gasteiger partial charge on any atom is -0.493 e. The van der Waals surface area contributed by atoms with Gasteiger partial charge < -0.3 is 15.4 Å². The minimum atomic E-state index is -0.0680. The number of benzene rings is 1. The van der Waals surface area contributed by atoms with Crippen molar-refractivity contribution in [2.45, 2.75) is 20.3 Å². The second-order valence-electron chi connectivity index (χ2n) is 5.67. The smallest absolute Gasteiger partial charge is 0.225 e. The maximum Gasteiger partial charge on any atom is 0.225 e.